The first-order valence-electron chi connectivity index (χ1n) is 5.19. The van der Waals surface area contributed by atoms with E-state index in [1.165, 1.54) is 0 Å². The van der Waals surface area contributed by atoms with Crippen LogP contribution in [0.4, 0.5) is 0 Å². The second-order valence-corrected chi connectivity index (χ2v) is 4.17. The van der Waals surface area contributed by atoms with Gasteiger partial charge in [0, 0.05) is 16.5 Å². The van der Waals surface area contributed by atoms with Gasteiger partial charge in [-0.1, -0.05) is 28.8 Å². The molecule has 0 aliphatic rings. The summed E-state index contributed by atoms with van der Waals surface area (Å²) in [6, 6.07) is 5.07. The average molecular weight is 256 g/mol. The molecule has 0 saturated carbocycles. The Kier molecular flexibility index (Phi) is 5.25. The van der Waals surface area contributed by atoms with Gasteiger partial charge in [-0.15, -0.1) is 0 Å². The Labute approximate surface area is 104 Å². The third kappa shape index (κ3) is 3.91. The molecule has 0 fully saturated rings. The highest BCUT2D eigenvalue weighted by molar-refractivity contribution is 6.31. The highest BCUT2D eigenvalue weighted by Crippen LogP contribution is 2.23. The van der Waals surface area contributed by atoms with Crippen LogP contribution >= 0.6 is 11.6 Å². The Hall–Kier alpha value is -1.26. The first kappa shape index (κ1) is 13.8. The molecule has 5 nitrogen and oxygen atoms in total. The number of aryl methyl sites for hydroxylation is 1. The molecule has 0 aliphatic carbocycles. The van der Waals surface area contributed by atoms with Gasteiger partial charge in [-0.3, -0.25) is 0 Å². The Morgan fingerprint density at radius 2 is 2.18 bits per heavy atom. The summed E-state index contributed by atoms with van der Waals surface area (Å²) in [7, 11) is 0. The number of nitrogens with zero attached hydrogens (tertiary/aromatic N) is 3. The lowest BCUT2D eigenvalue weighted by Crippen LogP contribution is -2.19. The largest absolute Gasteiger partial charge is 0.390 e. The third-order valence-corrected chi connectivity index (χ3v) is 2.90. The van der Waals surface area contributed by atoms with Crippen molar-refractivity contribution in [1.82, 2.24) is 0 Å². The van der Waals surface area contributed by atoms with Crippen molar-refractivity contribution < 1.29 is 10.2 Å². The SMILES string of the molecule is Cc1cc(C(O)C(O)CCN=[N+]=[N-])ccc1Cl. The lowest BCUT2D eigenvalue weighted by atomic mass is 10.0. The molecule has 0 heterocycles. The fourth-order valence-corrected chi connectivity index (χ4v) is 1.58. The molecule has 1 aromatic rings. The van der Waals surface area contributed by atoms with Crippen LogP contribution in [0.2, 0.25) is 5.02 Å². The van der Waals surface area contributed by atoms with Crippen LogP contribution in [0.25, 0.3) is 10.4 Å². The summed E-state index contributed by atoms with van der Waals surface area (Å²) in [5.74, 6) is 0. The number of hydrogen-bond acceptors (Lipinski definition) is 3. The molecule has 1 rings (SSSR count). The lowest BCUT2D eigenvalue weighted by Gasteiger charge is -2.18. The van der Waals surface area contributed by atoms with Crippen LogP contribution in [0, 0.1) is 6.92 Å². The maximum atomic E-state index is 9.88. The minimum absolute atomic E-state index is 0.154. The average Bonchev–Trinajstić information content (AvgIpc) is 2.32. The van der Waals surface area contributed by atoms with Crippen LogP contribution in [0.3, 0.4) is 0 Å². The summed E-state index contributed by atoms with van der Waals surface area (Å²) in [6.45, 7) is 1.98. The number of azide groups is 1. The number of hydrogen-bond donors (Lipinski definition) is 2. The predicted octanol–water partition coefficient (Wildman–Crippen LogP) is 2.74. The molecule has 6 heteroatoms. The molecule has 0 aliphatic heterocycles. The van der Waals surface area contributed by atoms with E-state index in [2.05, 4.69) is 10.0 Å². The van der Waals surface area contributed by atoms with Crippen molar-refractivity contribution in [2.75, 3.05) is 6.54 Å². The third-order valence-electron chi connectivity index (χ3n) is 2.48. The number of aliphatic hydroxyl groups is 2. The fourth-order valence-electron chi connectivity index (χ4n) is 1.47. The molecular weight excluding hydrogens is 242 g/mol. The molecule has 1 aromatic carbocycles. The lowest BCUT2D eigenvalue weighted by molar-refractivity contribution is 0.0150. The van der Waals surface area contributed by atoms with E-state index >= 15 is 0 Å². The van der Waals surface area contributed by atoms with Crippen molar-refractivity contribution in [2.45, 2.75) is 25.6 Å². The van der Waals surface area contributed by atoms with Crippen LogP contribution in [-0.4, -0.2) is 22.9 Å². The Balaban J connectivity index is 2.70. The summed E-state index contributed by atoms with van der Waals surface area (Å²) < 4.78 is 0. The molecule has 17 heavy (non-hydrogen) atoms. The molecule has 0 bridgehead atoms. The van der Waals surface area contributed by atoms with E-state index in [-0.39, 0.29) is 13.0 Å². The minimum atomic E-state index is -1.00. The van der Waals surface area contributed by atoms with Gasteiger partial charge >= 0.3 is 0 Å². The molecule has 0 aromatic heterocycles. The molecule has 2 atom stereocenters. The second kappa shape index (κ2) is 6.47. The monoisotopic (exact) mass is 255 g/mol. The topological polar surface area (TPSA) is 89.2 Å². The Morgan fingerprint density at radius 3 is 2.76 bits per heavy atom. The molecule has 0 radical (unpaired) electrons. The molecule has 92 valence electrons. The number of rotatable bonds is 5. The second-order valence-electron chi connectivity index (χ2n) is 3.76. The molecule has 2 N–H and O–H groups in total. The zero-order valence-electron chi connectivity index (χ0n) is 9.41. The van der Waals surface area contributed by atoms with Gasteiger partial charge in [-0.25, -0.2) is 0 Å². The van der Waals surface area contributed by atoms with E-state index in [1.54, 1.807) is 18.2 Å². The maximum absolute atomic E-state index is 9.88. The normalized spacial score (nSPS) is 13.9. The van der Waals surface area contributed by atoms with E-state index in [1.807, 2.05) is 6.92 Å². The Morgan fingerprint density at radius 1 is 1.47 bits per heavy atom. The first-order valence-corrected chi connectivity index (χ1v) is 5.57. The van der Waals surface area contributed by atoms with E-state index in [4.69, 9.17) is 17.1 Å². The highest BCUT2D eigenvalue weighted by atomic mass is 35.5. The smallest absolute Gasteiger partial charge is 0.105 e. The summed E-state index contributed by atoms with van der Waals surface area (Å²) in [6.07, 6.45) is -1.74. The van der Waals surface area contributed by atoms with Crippen LogP contribution in [0.15, 0.2) is 23.3 Å². The van der Waals surface area contributed by atoms with Gasteiger partial charge in [0.15, 0.2) is 0 Å². The van der Waals surface area contributed by atoms with Crippen molar-refractivity contribution >= 4 is 11.6 Å². The summed E-state index contributed by atoms with van der Waals surface area (Å²) in [5, 5.41) is 23.5. The van der Waals surface area contributed by atoms with E-state index in [0.717, 1.165) is 5.56 Å². The molecule has 0 spiro atoms. The minimum Gasteiger partial charge on any atom is -0.390 e. The van der Waals surface area contributed by atoms with Gasteiger partial charge < -0.3 is 10.2 Å². The fraction of sp³-hybridized carbons (Fsp3) is 0.455. The maximum Gasteiger partial charge on any atom is 0.105 e. The van der Waals surface area contributed by atoms with E-state index in [0.29, 0.717) is 10.6 Å². The number of aliphatic hydroxyl groups excluding tert-OH is 2. The van der Waals surface area contributed by atoms with Gasteiger partial charge in [0.1, 0.15) is 6.10 Å². The van der Waals surface area contributed by atoms with Crippen LogP contribution in [0.5, 0.6) is 0 Å². The van der Waals surface area contributed by atoms with Crippen molar-refractivity contribution in [3.8, 4) is 0 Å². The van der Waals surface area contributed by atoms with Gasteiger partial charge in [-0.2, -0.15) is 0 Å². The Bertz CT molecular complexity index is 433. The zero-order chi connectivity index (χ0) is 12.8. The standard InChI is InChI=1S/C11H14ClN3O2/c1-7-6-8(2-3-9(7)12)11(17)10(16)4-5-14-15-13/h2-3,6,10-11,16-17H,4-5H2,1H3. The first-order chi connectivity index (χ1) is 8.06. The summed E-state index contributed by atoms with van der Waals surface area (Å²) in [5.41, 5.74) is 9.54. The van der Waals surface area contributed by atoms with Crippen LogP contribution < -0.4 is 0 Å². The van der Waals surface area contributed by atoms with Crippen molar-refractivity contribution in [3.05, 3.63) is 44.8 Å². The van der Waals surface area contributed by atoms with Gasteiger partial charge in [-0.05, 0) is 36.1 Å². The van der Waals surface area contributed by atoms with Gasteiger partial charge in [0.05, 0.1) is 6.10 Å². The van der Waals surface area contributed by atoms with E-state index < -0.39 is 12.2 Å². The van der Waals surface area contributed by atoms with Crippen molar-refractivity contribution in [2.24, 2.45) is 5.11 Å². The van der Waals surface area contributed by atoms with Gasteiger partial charge in [0.2, 0.25) is 0 Å². The quantitative estimate of drug-likeness (QED) is 0.481. The molecule has 2 unspecified atom stereocenters. The van der Waals surface area contributed by atoms with E-state index in [9.17, 15) is 10.2 Å². The van der Waals surface area contributed by atoms with Gasteiger partial charge in [0.25, 0.3) is 0 Å². The highest BCUT2D eigenvalue weighted by Gasteiger charge is 2.18. The summed E-state index contributed by atoms with van der Waals surface area (Å²) >= 11 is 5.87. The molecule has 0 saturated heterocycles. The molecular formula is C11H14ClN3O2. The van der Waals surface area contributed by atoms with Crippen LogP contribution in [0.1, 0.15) is 23.7 Å². The van der Waals surface area contributed by atoms with Crippen molar-refractivity contribution in [1.29, 1.82) is 0 Å². The summed E-state index contributed by atoms with van der Waals surface area (Å²) in [4.78, 5) is 2.58. The zero-order valence-corrected chi connectivity index (χ0v) is 10.2. The molecule has 0 amide bonds. The number of benzene rings is 1. The van der Waals surface area contributed by atoms with Crippen molar-refractivity contribution in [3.63, 3.8) is 0 Å². The van der Waals surface area contributed by atoms with Crippen LogP contribution in [-0.2, 0) is 0 Å². The predicted molar refractivity (Wildman–Crippen MR) is 65.8 cm³/mol. The number of halogens is 1.